The van der Waals surface area contributed by atoms with Crippen molar-refractivity contribution in [1.82, 2.24) is 0 Å². The van der Waals surface area contributed by atoms with Gasteiger partial charge in [0, 0.05) is 29.9 Å². The molecule has 0 bridgehead atoms. The lowest BCUT2D eigenvalue weighted by Gasteiger charge is -2.28. The van der Waals surface area contributed by atoms with Gasteiger partial charge in [-0.25, -0.2) is 0 Å². The van der Waals surface area contributed by atoms with Crippen LogP contribution >= 0.6 is 0 Å². The summed E-state index contributed by atoms with van der Waals surface area (Å²) in [6.45, 7) is 10.7. The zero-order valence-corrected chi connectivity index (χ0v) is 14.7. The molecule has 23 heavy (non-hydrogen) atoms. The highest BCUT2D eigenvalue weighted by Gasteiger charge is 2.17. The molecule has 2 aromatic carbocycles. The van der Waals surface area contributed by atoms with Gasteiger partial charge >= 0.3 is 0 Å². The summed E-state index contributed by atoms with van der Waals surface area (Å²) < 4.78 is 0. The van der Waals surface area contributed by atoms with E-state index in [-0.39, 0.29) is 0 Å². The Kier molecular flexibility index (Phi) is 5.97. The van der Waals surface area contributed by atoms with Crippen LogP contribution in [0.3, 0.4) is 0 Å². The minimum absolute atomic E-state index is 0.772. The fourth-order valence-electron chi connectivity index (χ4n) is 3.26. The second-order valence-corrected chi connectivity index (χ2v) is 6.11. The summed E-state index contributed by atoms with van der Waals surface area (Å²) in [5, 5.41) is 0. The van der Waals surface area contributed by atoms with Crippen LogP contribution in [-0.4, -0.2) is 19.4 Å². The van der Waals surface area contributed by atoms with Crippen molar-refractivity contribution >= 4 is 12.0 Å². The molecular formula is C21H27NO. The zero-order valence-electron chi connectivity index (χ0n) is 14.7. The quantitative estimate of drug-likeness (QED) is 0.637. The Morgan fingerprint density at radius 3 is 2.00 bits per heavy atom. The van der Waals surface area contributed by atoms with Crippen LogP contribution in [0.25, 0.3) is 11.1 Å². The van der Waals surface area contributed by atoms with E-state index in [4.69, 9.17) is 0 Å². The smallest absolute Gasteiger partial charge is 0.150 e. The van der Waals surface area contributed by atoms with Crippen molar-refractivity contribution in [1.29, 1.82) is 0 Å². The Bertz CT molecular complexity index is 670. The number of aryl methyl sites for hydroxylation is 2. The first-order valence-corrected chi connectivity index (χ1v) is 8.53. The van der Waals surface area contributed by atoms with E-state index in [0.717, 1.165) is 48.9 Å². The highest BCUT2D eigenvalue weighted by molar-refractivity contribution is 5.94. The van der Waals surface area contributed by atoms with Crippen molar-refractivity contribution in [3.63, 3.8) is 0 Å². The molecule has 0 aliphatic carbocycles. The van der Waals surface area contributed by atoms with E-state index >= 15 is 0 Å². The SMILES string of the molecule is CCCN(CCC)c1cccc(C)c1-c1c(C)cccc1C=O. The Labute approximate surface area is 140 Å². The highest BCUT2D eigenvalue weighted by Crippen LogP contribution is 2.37. The molecule has 0 aromatic heterocycles. The van der Waals surface area contributed by atoms with Gasteiger partial charge in [-0.15, -0.1) is 0 Å². The van der Waals surface area contributed by atoms with Gasteiger partial charge in [0.05, 0.1) is 0 Å². The van der Waals surface area contributed by atoms with Crippen molar-refractivity contribution in [2.75, 3.05) is 18.0 Å². The summed E-state index contributed by atoms with van der Waals surface area (Å²) >= 11 is 0. The van der Waals surface area contributed by atoms with E-state index < -0.39 is 0 Å². The average Bonchev–Trinajstić information content (AvgIpc) is 2.55. The predicted molar refractivity (Wildman–Crippen MR) is 99.5 cm³/mol. The van der Waals surface area contributed by atoms with Crippen LogP contribution < -0.4 is 4.90 Å². The van der Waals surface area contributed by atoms with Crippen LogP contribution in [0.4, 0.5) is 5.69 Å². The molecule has 0 amide bonds. The van der Waals surface area contributed by atoms with Crippen LogP contribution in [0.15, 0.2) is 36.4 Å². The second-order valence-electron chi connectivity index (χ2n) is 6.11. The van der Waals surface area contributed by atoms with Crippen LogP contribution in [-0.2, 0) is 0 Å². The fourth-order valence-corrected chi connectivity index (χ4v) is 3.26. The molecule has 0 atom stereocenters. The number of anilines is 1. The first kappa shape index (κ1) is 17.3. The van der Waals surface area contributed by atoms with E-state index in [2.05, 4.69) is 56.9 Å². The molecule has 0 fully saturated rings. The van der Waals surface area contributed by atoms with Gasteiger partial charge in [0.25, 0.3) is 0 Å². The van der Waals surface area contributed by atoms with E-state index in [1.165, 1.54) is 16.8 Å². The number of carbonyl (C=O) groups excluding carboxylic acids is 1. The lowest BCUT2D eigenvalue weighted by molar-refractivity contribution is 0.112. The molecule has 0 unspecified atom stereocenters. The molecule has 122 valence electrons. The molecule has 2 rings (SSSR count). The average molecular weight is 309 g/mol. The maximum atomic E-state index is 11.6. The van der Waals surface area contributed by atoms with Crippen molar-refractivity contribution in [2.24, 2.45) is 0 Å². The number of nitrogens with zero attached hydrogens (tertiary/aromatic N) is 1. The molecule has 0 heterocycles. The van der Waals surface area contributed by atoms with Gasteiger partial charge in [0.15, 0.2) is 6.29 Å². The Hall–Kier alpha value is -2.09. The maximum Gasteiger partial charge on any atom is 0.150 e. The minimum atomic E-state index is 0.772. The van der Waals surface area contributed by atoms with E-state index in [9.17, 15) is 4.79 Å². The third kappa shape index (κ3) is 3.64. The molecule has 0 aliphatic rings. The minimum Gasteiger partial charge on any atom is -0.371 e. The summed E-state index contributed by atoms with van der Waals surface area (Å²) in [4.78, 5) is 14.0. The molecule has 0 saturated carbocycles. The van der Waals surface area contributed by atoms with Gasteiger partial charge in [0.1, 0.15) is 0 Å². The lowest BCUT2D eigenvalue weighted by atomic mass is 9.90. The third-order valence-corrected chi connectivity index (χ3v) is 4.26. The van der Waals surface area contributed by atoms with Gasteiger partial charge in [-0.1, -0.05) is 44.2 Å². The van der Waals surface area contributed by atoms with E-state index in [1.807, 2.05) is 12.1 Å². The zero-order chi connectivity index (χ0) is 16.8. The molecule has 2 nitrogen and oxygen atoms in total. The van der Waals surface area contributed by atoms with Gasteiger partial charge < -0.3 is 4.90 Å². The van der Waals surface area contributed by atoms with Crippen molar-refractivity contribution in [2.45, 2.75) is 40.5 Å². The number of carbonyl (C=O) groups is 1. The van der Waals surface area contributed by atoms with Crippen molar-refractivity contribution in [3.05, 3.63) is 53.1 Å². The molecule has 0 N–H and O–H groups in total. The summed E-state index contributed by atoms with van der Waals surface area (Å²) in [5.41, 5.74) is 6.66. The number of aldehydes is 1. The second kappa shape index (κ2) is 7.96. The Morgan fingerprint density at radius 2 is 1.43 bits per heavy atom. The number of hydrogen-bond donors (Lipinski definition) is 0. The van der Waals surface area contributed by atoms with Gasteiger partial charge in [0.2, 0.25) is 0 Å². The first-order valence-electron chi connectivity index (χ1n) is 8.53. The van der Waals surface area contributed by atoms with Crippen LogP contribution in [0, 0.1) is 13.8 Å². The summed E-state index contributed by atoms with van der Waals surface area (Å²) in [7, 11) is 0. The number of hydrogen-bond acceptors (Lipinski definition) is 2. The molecule has 0 radical (unpaired) electrons. The molecular weight excluding hydrogens is 282 g/mol. The van der Waals surface area contributed by atoms with E-state index in [1.54, 1.807) is 0 Å². The topological polar surface area (TPSA) is 20.3 Å². The van der Waals surface area contributed by atoms with Gasteiger partial charge in [-0.3, -0.25) is 4.79 Å². The number of benzene rings is 2. The standard InChI is InChI=1S/C21H27NO/c1-5-13-22(14-6-2)19-12-8-10-17(4)21(19)20-16(3)9-7-11-18(20)15-23/h7-12,15H,5-6,13-14H2,1-4H3. The summed E-state index contributed by atoms with van der Waals surface area (Å²) in [6, 6.07) is 12.4. The monoisotopic (exact) mass is 309 g/mol. The predicted octanol–water partition coefficient (Wildman–Crippen LogP) is 5.41. The van der Waals surface area contributed by atoms with Crippen LogP contribution in [0.2, 0.25) is 0 Å². The van der Waals surface area contributed by atoms with Crippen molar-refractivity contribution in [3.8, 4) is 11.1 Å². The first-order chi connectivity index (χ1) is 11.1. The van der Waals surface area contributed by atoms with E-state index in [0.29, 0.717) is 0 Å². The fraction of sp³-hybridized carbons (Fsp3) is 0.381. The number of rotatable bonds is 7. The summed E-state index contributed by atoms with van der Waals surface area (Å²) in [6.07, 6.45) is 3.20. The maximum absolute atomic E-state index is 11.6. The Morgan fingerprint density at radius 1 is 0.870 bits per heavy atom. The molecule has 2 heteroatoms. The largest absolute Gasteiger partial charge is 0.371 e. The van der Waals surface area contributed by atoms with Gasteiger partial charge in [-0.05, 0) is 49.4 Å². The van der Waals surface area contributed by atoms with Crippen LogP contribution in [0.5, 0.6) is 0 Å². The van der Waals surface area contributed by atoms with Gasteiger partial charge in [-0.2, -0.15) is 0 Å². The molecule has 0 saturated heterocycles. The van der Waals surface area contributed by atoms with Crippen molar-refractivity contribution < 1.29 is 4.79 Å². The summed E-state index contributed by atoms with van der Waals surface area (Å²) in [5.74, 6) is 0. The molecule has 2 aromatic rings. The third-order valence-electron chi connectivity index (χ3n) is 4.26. The lowest BCUT2D eigenvalue weighted by Crippen LogP contribution is -2.25. The normalized spacial score (nSPS) is 10.6. The molecule has 0 spiro atoms. The molecule has 0 aliphatic heterocycles. The highest BCUT2D eigenvalue weighted by atomic mass is 16.1. The Balaban J connectivity index is 2.70. The van der Waals surface area contributed by atoms with Crippen LogP contribution in [0.1, 0.15) is 48.2 Å².